The van der Waals surface area contributed by atoms with Crippen LogP contribution in [0.25, 0.3) is 0 Å². The van der Waals surface area contributed by atoms with E-state index in [1.165, 1.54) is 22.5 Å². The molecular formula is C20H23ClN2O5S. The van der Waals surface area contributed by atoms with Gasteiger partial charge in [0, 0.05) is 24.7 Å². The highest BCUT2D eigenvalue weighted by atomic mass is 35.5. The molecule has 0 aliphatic carbocycles. The van der Waals surface area contributed by atoms with Gasteiger partial charge in [0.05, 0.1) is 7.11 Å². The van der Waals surface area contributed by atoms with E-state index < -0.39 is 10.0 Å². The molecule has 1 aliphatic rings. The zero-order chi connectivity index (χ0) is 20.9. The summed E-state index contributed by atoms with van der Waals surface area (Å²) >= 11 is 6.00. The molecule has 7 nitrogen and oxygen atoms in total. The van der Waals surface area contributed by atoms with Crippen molar-refractivity contribution >= 4 is 27.5 Å². The van der Waals surface area contributed by atoms with Crippen molar-refractivity contribution < 1.29 is 22.7 Å². The summed E-state index contributed by atoms with van der Waals surface area (Å²) in [6, 6.07) is 11.7. The minimum atomic E-state index is -3.72. The van der Waals surface area contributed by atoms with Crippen molar-refractivity contribution in [2.75, 3.05) is 26.8 Å². The number of methoxy groups -OCH3 is 1. The first-order valence-corrected chi connectivity index (χ1v) is 11.0. The lowest BCUT2D eigenvalue weighted by Crippen LogP contribution is -2.30. The monoisotopic (exact) mass is 438 g/mol. The van der Waals surface area contributed by atoms with Crippen LogP contribution in [0.2, 0.25) is 5.02 Å². The van der Waals surface area contributed by atoms with E-state index in [0.29, 0.717) is 24.7 Å². The number of sulfonamides is 1. The molecule has 1 N–H and O–H groups in total. The number of nitrogens with zero attached hydrogens (tertiary/aromatic N) is 1. The molecule has 0 saturated carbocycles. The number of benzene rings is 2. The second-order valence-corrected chi connectivity index (χ2v) is 8.96. The van der Waals surface area contributed by atoms with Gasteiger partial charge in [0.2, 0.25) is 10.0 Å². The highest BCUT2D eigenvalue weighted by Crippen LogP contribution is 2.31. The van der Waals surface area contributed by atoms with Gasteiger partial charge < -0.3 is 14.8 Å². The van der Waals surface area contributed by atoms with E-state index in [0.717, 1.165) is 24.2 Å². The van der Waals surface area contributed by atoms with Gasteiger partial charge in [-0.2, -0.15) is 4.31 Å². The Balaban J connectivity index is 1.63. The van der Waals surface area contributed by atoms with Crippen molar-refractivity contribution in [2.45, 2.75) is 24.3 Å². The van der Waals surface area contributed by atoms with Crippen LogP contribution >= 0.6 is 11.6 Å². The summed E-state index contributed by atoms with van der Waals surface area (Å²) in [7, 11) is -2.13. The molecule has 1 amide bonds. The quantitative estimate of drug-likeness (QED) is 0.685. The lowest BCUT2D eigenvalue weighted by Gasteiger charge is -2.18. The summed E-state index contributed by atoms with van der Waals surface area (Å²) in [5.74, 6) is 0.485. The number of rotatable bonds is 8. The highest BCUT2D eigenvalue weighted by Gasteiger charge is 2.30. The average Bonchev–Trinajstić information content (AvgIpc) is 3.27. The second kappa shape index (κ2) is 9.47. The molecule has 0 bridgehead atoms. The smallest absolute Gasteiger partial charge is 0.258 e. The van der Waals surface area contributed by atoms with E-state index in [-0.39, 0.29) is 23.2 Å². The number of amides is 1. The summed E-state index contributed by atoms with van der Waals surface area (Å²) in [5, 5.41) is 3.03. The van der Waals surface area contributed by atoms with Crippen molar-refractivity contribution in [1.82, 2.24) is 9.62 Å². The zero-order valence-corrected chi connectivity index (χ0v) is 17.6. The predicted octanol–water partition coefficient (Wildman–Crippen LogP) is 2.83. The van der Waals surface area contributed by atoms with Crippen LogP contribution in [0, 0.1) is 0 Å². The van der Waals surface area contributed by atoms with Gasteiger partial charge in [-0.3, -0.25) is 4.79 Å². The normalized spacial score (nSPS) is 14.6. The maximum Gasteiger partial charge on any atom is 0.258 e. The van der Waals surface area contributed by atoms with Crippen LogP contribution in [0.3, 0.4) is 0 Å². The number of nitrogens with one attached hydrogen (secondary N) is 1. The van der Waals surface area contributed by atoms with Crippen LogP contribution in [-0.2, 0) is 21.4 Å². The van der Waals surface area contributed by atoms with Crippen LogP contribution in [0.4, 0.5) is 0 Å². The molecule has 0 unspecified atom stereocenters. The fourth-order valence-corrected chi connectivity index (χ4v) is 4.92. The van der Waals surface area contributed by atoms with Crippen LogP contribution in [0.15, 0.2) is 47.4 Å². The van der Waals surface area contributed by atoms with Gasteiger partial charge in [-0.25, -0.2) is 8.42 Å². The van der Waals surface area contributed by atoms with Crippen molar-refractivity contribution in [3.63, 3.8) is 0 Å². The Morgan fingerprint density at radius 1 is 1.14 bits per heavy atom. The first-order chi connectivity index (χ1) is 13.9. The Labute approximate surface area is 175 Å². The number of hydrogen-bond acceptors (Lipinski definition) is 5. The van der Waals surface area contributed by atoms with E-state index in [2.05, 4.69) is 5.32 Å². The van der Waals surface area contributed by atoms with E-state index >= 15 is 0 Å². The molecule has 29 heavy (non-hydrogen) atoms. The zero-order valence-electron chi connectivity index (χ0n) is 16.1. The van der Waals surface area contributed by atoms with Crippen LogP contribution in [0.5, 0.6) is 11.5 Å². The van der Waals surface area contributed by atoms with E-state index in [1.807, 2.05) is 12.1 Å². The van der Waals surface area contributed by atoms with E-state index in [1.54, 1.807) is 19.2 Å². The average molecular weight is 439 g/mol. The van der Waals surface area contributed by atoms with Gasteiger partial charge in [-0.1, -0.05) is 23.7 Å². The molecule has 0 atom stereocenters. The van der Waals surface area contributed by atoms with Crippen molar-refractivity contribution in [3.8, 4) is 11.5 Å². The Bertz CT molecular complexity index is 957. The highest BCUT2D eigenvalue weighted by molar-refractivity contribution is 7.89. The maximum absolute atomic E-state index is 12.9. The molecular weight excluding hydrogens is 416 g/mol. The van der Waals surface area contributed by atoms with Crippen LogP contribution in [0.1, 0.15) is 18.4 Å². The lowest BCUT2D eigenvalue weighted by molar-refractivity contribution is -0.123. The SMILES string of the molecule is COc1ccc(CNC(=O)COc2ccc(Cl)cc2S(=O)(=O)N2CCCC2)cc1. The largest absolute Gasteiger partial charge is 0.497 e. The third kappa shape index (κ3) is 5.41. The summed E-state index contributed by atoms with van der Waals surface area (Å²) in [5.41, 5.74) is 0.906. The molecule has 156 valence electrons. The molecule has 1 saturated heterocycles. The standard InChI is InChI=1S/C20H23ClN2O5S/c1-27-17-7-4-15(5-8-17)13-22-20(24)14-28-18-9-6-16(21)12-19(18)29(25,26)23-10-2-3-11-23/h4-9,12H,2-3,10-11,13-14H2,1H3,(H,22,24). The van der Waals surface area contributed by atoms with Gasteiger partial charge >= 0.3 is 0 Å². The van der Waals surface area contributed by atoms with Gasteiger partial charge in [-0.15, -0.1) is 0 Å². The number of ether oxygens (including phenoxy) is 2. The Kier molecular flexibility index (Phi) is 7.00. The first kappa shape index (κ1) is 21.4. The van der Waals surface area contributed by atoms with Crippen LogP contribution in [-0.4, -0.2) is 45.4 Å². The fraction of sp³-hybridized carbons (Fsp3) is 0.350. The minimum Gasteiger partial charge on any atom is -0.497 e. The molecule has 1 aliphatic heterocycles. The summed E-state index contributed by atoms with van der Waals surface area (Å²) < 4.78 is 37.8. The molecule has 2 aromatic carbocycles. The molecule has 0 spiro atoms. The number of hydrogen-bond donors (Lipinski definition) is 1. The Hall–Kier alpha value is -2.29. The lowest BCUT2D eigenvalue weighted by atomic mass is 10.2. The molecule has 1 heterocycles. The van der Waals surface area contributed by atoms with E-state index in [9.17, 15) is 13.2 Å². The third-order valence-electron chi connectivity index (χ3n) is 4.60. The molecule has 1 fully saturated rings. The first-order valence-electron chi connectivity index (χ1n) is 9.22. The second-order valence-electron chi connectivity index (χ2n) is 6.62. The fourth-order valence-electron chi connectivity index (χ4n) is 3.01. The molecule has 0 aromatic heterocycles. The van der Waals surface area contributed by atoms with Crippen molar-refractivity contribution in [3.05, 3.63) is 53.1 Å². The molecule has 9 heteroatoms. The Morgan fingerprint density at radius 2 is 1.83 bits per heavy atom. The molecule has 0 radical (unpaired) electrons. The topological polar surface area (TPSA) is 84.9 Å². The number of halogens is 1. The van der Waals surface area contributed by atoms with Gasteiger partial charge in [0.15, 0.2) is 6.61 Å². The predicted molar refractivity (Wildman–Crippen MR) is 110 cm³/mol. The van der Waals surface area contributed by atoms with Gasteiger partial charge in [0.25, 0.3) is 5.91 Å². The van der Waals surface area contributed by atoms with Crippen LogP contribution < -0.4 is 14.8 Å². The summed E-state index contributed by atoms with van der Waals surface area (Å²) in [6.07, 6.45) is 1.65. The number of carbonyl (C=O) groups is 1. The third-order valence-corrected chi connectivity index (χ3v) is 6.75. The van der Waals surface area contributed by atoms with E-state index in [4.69, 9.17) is 21.1 Å². The van der Waals surface area contributed by atoms with Crippen molar-refractivity contribution in [1.29, 1.82) is 0 Å². The maximum atomic E-state index is 12.9. The molecule has 2 aromatic rings. The number of carbonyl (C=O) groups excluding carboxylic acids is 1. The van der Waals surface area contributed by atoms with Gasteiger partial charge in [-0.05, 0) is 48.7 Å². The molecule has 3 rings (SSSR count). The van der Waals surface area contributed by atoms with Crippen molar-refractivity contribution in [2.24, 2.45) is 0 Å². The minimum absolute atomic E-state index is 0.0187. The van der Waals surface area contributed by atoms with Gasteiger partial charge in [0.1, 0.15) is 16.4 Å². The Morgan fingerprint density at radius 3 is 2.48 bits per heavy atom. The summed E-state index contributed by atoms with van der Waals surface area (Å²) in [4.78, 5) is 12.1. The summed E-state index contributed by atoms with van der Waals surface area (Å²) in [6.45, 7) is 0.958.